The van der Waals surface area contributed by atoms with Crippen molar-refractivity contribution in [3.8, 4) is 0 Å². The second kappa shape index (κ2) is 6.34. The molecule has 0 aromatic rings. The highest BCUT2D eigenvalue weighted by atomic mass is 16.1. The highest BCUT2D eigenvalue weighted by Gasteiger charge is 2.82. The maximum atomic E-state index is 12.6. The van der Waals surface area contributed by atoms with Crippen molar-refractivity contribution in [2.75, 3.05) is 0 Å². The molecule has 1 heteroatoms. The molecule has 158 valence electrons. The van der Waals surface area contributed by atoms with Crippen LogP contribution in [0.25, 0.3) is 0 Å². The molecule has 0 aromatic carbocycles. The Morgan fingerprint density at radius 3 is 2.46 bits per heavy atom. The number of carbonyl (C=O) groups excluding carboxylic acids is 1. The second-order valence-electron chi connectivity index (χ2n) is 12.8. The fourth-order valence-electron chi connectivity index (χ4n) is 10.3. The Bertz CT molecular complexity index is 651. The Balaban J connectivity index is 1.32. The zero-order valence-electron chi connectivity index (χ0n) is 19.2. The number of Topliss-reactive ketones (excluding diaryl/α,β-unsaturated/α-hetero) is 1. The molecule has 5 aliphatic carbocycles. The van der Waals surface area contributed by atoms with E-state index >= 15 is 0 Å². The minimum atomic E-state index is 0.396. The first kappa shape index (κ1) is 19.6. The molecule has 9 atom stereocenters. The molecule has 0 saturated heterocycles. The summed E-state index contributed by atoms with van der Waals surface area (Å²) in [6, 6.07) is 0. The van der Waals surface area contributed by atoms with Crippen molar-refractivity contribution in [1.82, 2.24) is 0 Å². The van der Waals surface area contributed by atoms with Gasteiger partial charge in [0.25, 0.3) is 0 Å². The summed E-state index contributed by atoms with van der Waals surface area (Å²) in [6.45, 7) is 12.6. The molecule has 5 fully saturated rings. The van der Waals surface area contributed by atoms with Gasteiger partial charge in [-0.1, -0.05) is 53.9 Å². The van der Waals surface area contributed by atoms with Crippen LogP contribution in [-0.4, -0.2) is 5.78 Å². The quantitative estimate of drug-likeness (QED) is 0.486. The van der Waals surface area contributed by atoms with Crippen molar-refractivity contribution in [1.29, 1.82) is 0 Å². The number of rotatable bonds is 5. The largest absolute Gasteiger partial charge is 0.299 e. The van der Waals surface area contributed by atoms with Crippen LogP contribution in [0.3, 0.4) is 0 Å². The average molecular weight is 385 g/mol. The predicted molar refractivity (Wildman–Crippen MR) is 116 cm³/mol. The molecule has 0 N–H and O–H groups in total. The van der Waals surface area contributed by atoms with Crippen LogP contribution in [0, 0.1) is 57.7 Å². The van der Waals surface area contributed by atoms with E-state index < -0.39 is 0 Å². The van der Waals surface area contributed by atoms with Gasteiger partial charge in [-0.2, -0.15) is 0 Å². The molecule has 0 aliphatic heterocycles. The van der Waals surface area contributed by atoms with E-state index in [1.54, 1.807) is 0 Å². The van der Waals surface area contributed by atoms with E-state index in [0.29, 0.717) is 27.9 Å². The normalized spacial score (nSPS) is 52.8. The topological polar surface area (TPSA) is 17.1 Å². The Morgan fingerprint density at radius 2 is 1.71 bits per heavy atom. The van der Waals surface area contributed by atoms with Crippen LogP contribution >= 0.6 is 0 Å². The zero-order chi connectivity index (χ0) is 19.9. The maximum Gasteiger partial charge on any atom is 0.137 e. The predicted octanol–water partition coefficient (Wildman–Crippen LogP) is 7.29. The van der Waals surface area contributed by atoms with Crippen molar-refractivity contribution < 1.29 is 4.79 Å². The smallest absolute Gasteiger partial charge is 0.137 e. The minimum absolute atomic E-state index is 0.396. The SMILES string of the molecule is CC(C)CCC[C@@H](C)[C@H]1CC[C@H]2[C@@H]3CC[C@]45CCC(=O)[C@H]4[C@]5(C)[C@@H]3CC[C@]12C. The van der Waals surface area contributed by atoms with Crippen LogP contribution in [0.1, 0.15) is 105 Å². The highest BCUT2D eigenvalue weighted by molar-refractivity contribution is 5.90. The van der Waals surface area contributed by atoms with Gasteiger partial charge >= 0.3 is 0 Å². The number of fused-ring (bicyclic) bond motifs is 5. The summed E-state index contributed by atoms with van der Waals surface area (Å²) in [5.74, 6) is 6.56. The minimum Gasteiger partial charge on any atom is -0.299 e. The lowest BCUT2D eigenvalue weighted by Crippen LogP contribution is -2.48. The summed E-state index contributed by atoms with van der Waals surface area (Å²) in [5, 5.41) is 0. The Morgan fingerprint density at radius 1 is 0.929 bits per heavy atom. The van der Waals surface area contributed by atoms with E-state index in [0.717, 1.165) is 41.9 Å². The molecule has 5 saturated carbocycles. The number of hydrogen-bond donors (Lipinski definition) is 0. The summed E-state index contributed by atoms with van der Waals surface area (Å²) in [5.41, 5.74) is 1.45. The first-order valence-electron chi connectivity index (χ1n) is 12.8. The van der Waals surface area contributed by atoms with E-state index in [2.05, 4.69) is 34.6 Å². The zero-order valence-corrected chi connectivity index (χ0v) is 19.2. The highest BCUT2D eigenvalue weighted by Crippen LogP contribution is 2.85. The van der Waals surface area contributed by atoms with E-state index in [-0.39, 0.29) is 0 Å². The van der Waals surface area contributed by atoms with E-state index in [4.69, 9.17) is 0 Å². The average Bonchev–Trinajstić information content (AvgIpc) is 2.87. The van der Waals surface area contributed by atoms with Gasteiger partial charge in [0.05, 0.1) is 0 Å². The van der Waals surface area contributed by atoms with E-state index in [9.17, 15) is 4.79 Å². The van der Waals surface area contributed by atoms with Gasteiger partial charge in [-0.25, -0.2) is 0 Å². The molecule has 28 heavy (non-hydrogen) atoms. The summed E-state index contributed by atoms with van der Waals surface area (Å²) in [4.78, 5) is 12.6. The van der Waals surface area contributed by atoms with Gasteiger partial charge in [0.15, 0.2) is 0 Å². The Labute approximate surface area is 173 Å². The van der Waals surface area contributed by atoms with Gasteiger partial charge < -0.3 is 0 Å². The molecular formula is C27H44O. The first-order chi connectivity index (χ1) is 13.3. The lowest BCUT2D eigenvalue weighted by Gasteiger charge is -2.55. The molecule has 5 rings (SSSR count). The number of hydrogen-bond acceptors (Lipinski definition) is 1. The number of ketones is 1. The van der Waals surface area contributed by atoms with Gasteiger partial charge in [0.2, 0.25) is 0 Å². The molecular weight excluding hydrogens is 340 g/mol. The molecule has 1 spiro atoms. The van der Waals surface area contributed by atoms with Crippen molar-refractivity contribution in [3.05, 3.63) is 0 Å². The lowest BCUT2D eigenvalue weighted by atomic mass is 9.50. The van der Waals surface area contributed by atoms with Crippen molar-refractivity contribution in [3.63, 3.8) is 0 Å². The first-order valence-corrected chi connectivity index (χ1v) is 12.8. The third-order valence-corrected chi connectivity index (χ3v) is 11.6. The molecule has 0 heterocycles. The van der Waals surface area contributed by atoms with Gasteiger partial charge in [-0.3, -0.25) is 4.79 Å². The van der Waals surface area contributed by atoms with Gasteiger partial charge in [0.1, 0.15) is 5.78 Å². The molecule has 0 aromatic heterocycles. The van der Waals surface area contributed by atoms with Crippen molar-refractivity contribution >= 4 is 5.78 Å². The van der Waals surface area contributed by atoms with E-state index in [1.165, 1.54) is 64.2 Å². The van der Waals surface area contributed by atoms with Crippen LogP contribution in [0.15, 0.2) is 0 Å². The van der Waals surface area contributed by atoms with Crippen LogP contribution in [0.2, 0.25) is 0 Å². The molecule has 5 aliphatic rings. The Hall–Kier alpha value is -0.330. The van der Waals surface area contributed by atoms with Crippen molar-refractivity contribution in [2.45, 2.75) is 105 Å². The van der Waals surface area contributed by atoms with Gasteiger partial charge in [-0.05, 0) is 96.7 Å². The molecule has 0 bridgehead atoms. The summed E-state index contributed by atoms with van der Waals surface area (Å²) < 4.78 is 0. The monoisotopic (exact) mass is 384 g/mol. The van der Waals surface area contributed by atoms with E-state index in [1.807, 2.05) is 0 Å². The lowest BCUT2D eigenvalue weighted by molar-refractivity contribution is -0.121. The third kappa shape index (κ3) is 2.34. The number of carbonyl (C=O) groups is 1. The molecule has 0 radical (unpaired) electrons. The van der Waals surface area contributed by atoms with Crippen LogP contribution in [-0.2, 0) is 4.79 Å². The summed E-state index contributed by atoms with van der Waals surface area (Å²) >= 11 is 0. The third-order valence-electron chi connectivity index (χ3n) is 11.6. The Kier molecular flexibility index (Phi) is 4.44. The molecule has 1 nitrogen and oxygen atoms in total. The summed E-state index contributed by atoms with van der Waals surface area (Å²) in [7, 11) is 0. The van der Waals surface area contributed by atoms with Gasteiger partial charge in [-0.15, -0.1) is 0 Å². The van der Waals surface area contributed by atoms with Crippen LogP contribution in [0.5, 0.6) is 0 Å². The maximum absolute atomic E-state index is 12.6. The summed E-state index contributed by atoms with van der Waals surface area (Å²) in [6.07, 6.45) is 15.1. The van der Waals surface area contributed by atoms with Crippen LogP contribution in [0.4, 0.5) is 0 Å². The molecule has 0 amide bonds. The fourth-order valence-corrected chi connectivity index (χ4v) is 10.3. The second-order valence-corrected chi connectivity index (χ2v) is 12.8. The van der Waals surface area contributed by atoms with Crippen molar-refractivity contribution in [2.24, 2.45) is 57.7 Å². The van der Waals surface area contributed by atoms with Crippen LogP contribution < -0.4 is 0 Å². The fraction of sp³-hybridized carbons (Fsp3) is 0.963. The van der Waals surface area contributed by atoms with Gasteiger partial charge in [0, 0.05) is 12.3 Å². The molecule has 0 unspecified atom stereocenters. The standard InChI is InChI=1S/C27H44O/c1-17(2)7-6-8-18(3)20-9-10-21-19-11-15-27-16-13-23(28)24(27)26(27,5)22(19)12-14-25(20,21)4/h17-22,24H,6-16H2,1-5H3/t18-,19+,20-,21+,22-,24+,25-,26+,27+/m1/s1.